The zero-order chi connectivity index (χ0) is 28.7. The van der Waals surface area contributed by atoms with Crippen molar-refractivity contribution in [3.05, 3.63) is 53.3 Å². The molecule has 0 spiro atoms. The highest BCUT2D eigenvalue weighted by Gasteiger charge is 2.34. The van der Waals surface area contributed by atoms with Crippen molar-refractivity contribution < 1.29 is 42.1 Å². The summed E-state index contributed by atoms with van der Waals surface area (Å²) in [6.45, 7) is 2.55. The Morgan fingerprint density at radius 3 is 2.38 bits per heavy atom. The Morgan fingerprint density at radius 1 is 1.08 bits per heavy atom. The lowest BCUT2D eigenvalue weighted by atomic mass is 10.0. The minimum absolute atomic E-state index is 0.176. The molecule has 212 valence electrons. The summed E-state index contributed by atoms with van der Waals surface area (Å²) in [6.07, 6.45) is -4.27. The summed E-state index contributed by atoms with van der Waals surface area (Å²) in [5, 5.41) is 18.9. The molecule has 2 aliphatic heterocycles. The molecule has 0 aromatic heterocycles. The maximum atomic E-state index is 13.8. The van der Waals surface area contributed by atoms with Crippen molar-refractivity contribution in [3.63, 3.8) is 0 Å². The van der Waals surface area contributed by atoms with Gasteiger partial charge >= 0.3 is 18.1 Å². The van der Waals surface area contributed by atoms with E-state index < -0.39 is 29.5 Å². The Labute approximate surface area is 222 Å². The van der Waals surface area contributed by atoms with Crippen LogP contribution in [0.1, 0.15) is 30.4 Å². The third-order valence-corrected chi connectivity index (χ3v) is 6.33. The molecule has 2 heterocycles. The molecule has 2 aromatic carbocycles. The monoisotopic (exact) mass is 554 g/mol. The second kappa shape index (κ2) is 12.9. The van der Waals surface area contributed by atoms with E-state index in [4.69, 9.17) is 19.9 Å². The van der Waals surface area contributed by atoms with Crippen molar-refractivity contribution in [3.8, 4) is 0 Å². The van der Waals surface area contributed by atoms with Crippen molar-refractivity contribution in [1.29, 1.82) is 0 Å². The molecule has 2 aromatic rings. The number of benzene rings is 2. The molecule has 0 amide bonds. The minimum atomic E-state index is -4.48. The van der Waals surface area contributed by atoms with Crippen LogP contribution in [0.25, 0.3) is 0 Å². The van der Waals surface area contributed by atoms with Crippen LogP contribution in [0, 0.1) is 5.82 Å². The van der Waals surface area contributed by atoms with E-state index in [1.54, 1.807) is 7.11 Å². The Balaban J connectivity index is 0.000000459. The lowest BCUT2D eigenvalue weighted by molar-refractivity contribution is -0.143. The lowest BCUT2D eigenvalue weighted by Crippen LogP contribution is -2.53. The first kappa shape index (κ1) is 29.8. The normalized spacial score (nSPS) is 17.0. The van der Waals surface area contributed by atoms with Crippen LogP contribution in [-0.2, 0) is 20.5 Å². The number of nitrogens with one attached hydrogen (secondary N) is 1. The predicted molar refractivity (Wildman–Crippen MR) is 136 cm³/mol. The summed E-state index contributed by atoms with van der Waals surface area (Å²) in [5.41, 5.74) is 0.961. The average molecular weight is 555 g/mol. The first-order chi connectivity index (χ1) is 18.4. The van der Waals surface area contributed by atoms with Gasteiger partial charge < -0.3 is 25.2 Å². The van der Waals surface area contributed by atoms with Crippen LogP contribution in [0.3, 0.4) is 0 Å². The molecule has 3 N–H and O–H groups in total. The zero-order valence-electron chi connectivity index (χ0n) is 21.5. The minimum Gasteiger partial charge on any atom is -0.481 e. The molecule has 13 heteroatoms. The van der Waals surface area contributed by atoms with Gasteiger partial charge in [-0.1, -0.05) is 0 Å². The lowest BCUT2D eigenvalue weighted by Gasteiger charge is -2.41. The van der Waals surface area contributed by atoms with Crippen molar-refractivity contribution >= 4 is 34.8 Å². The third kappa shape index (κ3) is 8.14. The number of carboxylic acid groups (broad SMARTS) is 2. The van der Waals surface area contributed by atoms with E-state index in [-0.39, 0.29) is 18.9 Å². The van der Waals surface area contributed by atoms with E-state index in [1.165, 1.54) is 24.3 Å². The number of aliphatic imine (C=N–C) groups is 1. The van der Waals surface area contributed by atoms with Crippen molar-refractivity contribution in [2.75, 3.05) is 45.7 Å². The van der Waals surface area contributed by atoms with Crippen LogP contribution >= 0.6 is 0 Å². The fourth-order valence-electron chi connectivity index (χ4n) is 4.20. The van der Waals surface area contributed by atoms with E-state index in [0.717, 1.165) is 25.1 Å². The molecule has 39 heavy (non-hydrogen) atoms. The molecular formula is C26H30F4N4O5. The number of fused-ring (bicyclic) bond motifs is 2. The molecule has 1 atom stereocenters. The van der Waals surface area contributed by atoms with Crippen LogP contribution in [0.15, 0.2) is 41.4 Å². The Kier molecular flexibility index (Phi) is 9.86. The summed E-state index contributed by atoms with van der Waals surface area (Å²) in [5.74, 6) is -2.15. The van der Waals surface area contributed by atoms with Crippen molar-refractivity contribution in [1.82, 2.24) is 9.80 Å². The molecule has 4 rings (SSSR count). The van der Waals surface area contributed by atoms with E-state index in [2.05, 4.69) is 10.2 Å². The number of carboxylic acids is 2. The van der Waals surface area contributed by atoms with Crippen molar-refractivity contribution in [2.45, 2.75) is 31.5 Å². The maximum Gasteiger partial charge on any atom is 0.416 e. The standard InChI is InChI=1S/C22H24F4N4O.C4H6O4/c1-29-8-9-30(13-16(29)7-10-31-2)21-17-11-14(22(24,25)26)3-5-18(17)27-20-12-15(23)4-6-19(20)28-21;5-3(6)1-2-4(7)8/h3-6,11-12,16,27H,7-10,13H2,1-2H3;1-2H2,(H,5,6)(H,7,8)/t16-;/m0./s1. The third-order valence-electron chi connectivity index (χ3n) is 6.33. The molecule has 2 aliphatic rings. The highest BCUT2D eigenvalue weighted by molar-refractivity contribution is 6.08. The molecule has 0 unspecified atom stereocenters. The van der Waals surface area contributed by atoms with E-state index in [0.29, 0.717) is 48.2 Å². The van der Waals surface area contributed by atoms with Crippen LogP contribution in [-0.4, -0.2) is 84.2 Å². The summed E-state index contributed by atoms with van der Waals surface area (Å²) < 4.78 is 59.4. The van der Waals surface area contributed by atoms with Gasteiger partial charge in [-0.05, 0) is 49.9 Å². The van der Waals surface area contributed by atoms with E-state index >= 15 is 0 Å². The zero-order valence-corrected chi connectivity index (χ0v) is 21.5. The van der Waals surface area contributed by atoms with Gasteiger partial charge in [0.25, 0.3) is 0 Å². The molecular weight excluding hydrogens is 524 g/mol. The van der Waals surface area contributed by atoms with Gasteiger partial charge in [0.2, 0.25) is 0 Å². The number of alkyl halides is 3. The van der Waals surface area contributed by atoms with Gasteiger partial charge in [-0.25, -0.2) is 9.38 Å². The molecule has 0 aliphatic carbocycles. The number of halogens is 4. The molecule has 0 radical (unpaired) electrons. The number of amidine groups is 1. The number of anilines is 2. The van der Waals surface area contributed by atoms with E-state index in [9.17, 15) is 27.2 Å². The fourth-order valence-corrected chi connectivity index (χ4v) is 4.20. The van der Waals surface area contributed by atoms with Crippen molar-refractivity contribution in [2.24, 2.45) is 4.99 Å². The summed E-state index contributed by atoms with van der Waals surface area (Å²) in [7, 11) is 3.68. The first-order valence-electron chi connectivity index (χ1n) is 12.1. The number of likely N-dealkylation sites (N-methyl/N-ethyl adjacent to an activating group) is 1. The predicted octanol–water partition coefficient (Wildman–Crippen LogP) is 4.57. The number of aliphatic carboxylic acids is 2. The molecule has 1 fully saturated rings. The number of piperazine rings is 1. The average Bonchev–Trinajstić information content (AvgIpc) is 3.03. The summed E-state index contributed by atoms with van der Waals surface area (Å²) in [4.78, 5) is 28.2. The second-order valence-electron chi connectivity index (χ2n) is 9.13. The Bertz CT molecular complexity index is 1210. The fraction of sp³-hybridized carbons (Fsp3) is 0.423. The SMILES string of the molecule is COCC[C@H]1CN(C2=Nc3ccc(F)cc3Nc3ccc(C(F)(F)F)cc32)CCN1C.O=C(O)CCC(=O)O. The quantitative estimate of drug-likeness (QED) is 0.445. The van der Waals surface area contributed by atoms with Gasteiger partial charge in [0.1, 0.15) is 11.7 Å². The highest BCUT2D eigenvalue weighted by Crippen LogP contribution is 2.38. The number of methoxy groups -OCH3 is 1. The van der Waals surface area contributed by atoms with Gasteiger partial charge in [0.15, 0.2) is 0 Å². The number of ether oxygens (including phenoxy) is 1. The van der Waals surface area contributed by atoms with Gasteiger partial charge in [0.05, 0.1) is 29.8 Å². The Morgan fingerprint density at radius 2 is 1.77 bits per heavy atom. The number of hydrogen-bond donors (Lipinski definition) is 3. The topological polar surface area (TPSA) is 115 Å². The van der Waals surface area contributed by atoms with Crippen LogP contribution < -0.4 is 5.32 Å². The highest BCUT2D eigenvalue weighted by atomic mass is 19.4. The van der Waals surface area contributed by atoms with Gasteiger partial charge in [-0.3, -0.25) is 14.5 Å². The summed E-state index contributed by atoms with van der Waals surface area (Å²) >= 11 is 0. The molecule has 0 saturated carbocycles. The Hall–Kier alpha value is -3.71. The van der Waals surface area contributed by atoms with Crippen LogP contribution in [0.4, 0.5) is 34.6 Å². The van der Waals surface area contributed by atoms with Crippen LogP contribution in [0.5, 0.6) is 0 Å². The van der Waals surface area contributed by atoms with Gasteiger partial charge in [-0.15, -0.1) is 0 Å². The maximum absolute atomic E-state index is 13.8. The molecule has 0 bridgehead atoms. The van der Waals surface area contributed by atoms with Crippen LogP contribution in [0.2, 0.25) is 0 Å². The first-order valence-corrected chi connectivity index (χ1v) is 12.1. The molecule has 1 saturated heterocycles. The largest absolute Gasteiger partial charge is 0.481 e. The number of carbonyl (C=O) groups is 2. The smallest absolute Gasteiger partial charge is 0.416 e. The number of rotatable bonds is 6. The number of nitrogens with zero attached hydrogens (tertiary/aromatic N) is 3. The second-order valence-corrected chi connectivity index (χ2v) is 9.13. The summed E-state index contributed by atoms with van der Waals surface area (Å²) in [6, 6.07) is 7.83. The van der Waals surface area contributed by atoms with E-state index in [1.807, 2.05) is 11.9 Å². The van der Waals surface area contributed by atoms with Gasteiger partial charge in [0, 0.05) is 50.6 Å². The molecule has 9 nitrogen and oxygen atoms in total. The number of hydrogen-bond acceptors (Lipinski definition) is 7. The van der Waals surface area contributed by atoms with Gasteiger partial charge in [-0.2, -0.15) is 13.2 Å².